The summed E-state index contributed by atoms with van der Waals surface area (Å²) in [6.07, 6.45) is 6.72. The highest BCUT2D eigenvalue weighted by molar-refractivity contribution is 5.10. The highest BCUT2D eigenvalue weighted by atomic mass is 14.6. The molecule has 0 aromatic rings. The van der Waals surface area contributed by atoms with Crippen molar-refractivity contribution in [2.45, 2.75) is 46.0 Å². The number of nitriles is 1. The SMILES string of the molecule is CCC1(C)CC2CC1C1CC(C#N)CC21. The first kappa shape index (κ1) is 9.70. The predicted molar refractivity (Wildman–Crippen MR) is 59.9 cm³/mol. The van der Waals surface area contributed by atoms with Crippen LogP contribution in [-0.4, -0.2) is 0 Å². The van der Waals surface area contributed by atoms with Gasteiger partial charge in [-0.25, -0.2) is 0 Å². The lowest BCUT2D eigenvalue weighted by atomic mass is 9.65. The maximum atomic E-state index is 9.05. The average Bonchev–Trinajstić information content (AvgIpc) is 2.85. The van der Waals surface area contributed by atoms with Crippen molar-refractivity contribution in [3.63, 3.8) is 0 Å². The number of fused-ring (bicyclic) bond motifs is 5. The molecule has 6 atom stereocenters. The Bertz CT molecular complexity index is 316. The standard InChI is InChI=1S/C14H21N/c1-3-14(2)7-10-6-13(14)12-5-9(8-15)4-11(10)12/h9-13H,3-7H2,1-2H3. The monoisotopic (exact) mass is 203 g/mol. The first-order valence-electron chi connectivity index (χ1n) is 6.57. The second-order valence-corrected chi connectivity index (χ2v) is 6.44. The summed E-state index contributed by atoms with van der Waals surface area (Å²) in [5.74, 6) is 4.17. The molecule has 0 heterocycles. The fraction of sp³-hybridized carbons (Fsp3) is 0.929. The Morgan fingerprint density at radius 2 is 2.00 bits per heavy atom. The summed E-state index contributed by atoms with van der Waals surface area (Å²) in [5, 5.41) is 9.05. The molecule has 3 aliphatic rings. The number of hydrogen-bond donors (Lipinski definition) is 0. The second-order valence-electron chi connectivity index (χ2n) is 6.44. The van der Waals surface area contributed by atoms with Crippen LogP contribution in [0.1, 0.15) is 46.0 Å². The fourth-order valence-corrected chi connectivity index (χ4v) is 5.08. The second kappa shape index (κ2) is 3.00. The Kier molecular flexibility index (Phi) is 1.94. The summed E-state index contributed by atoms with van der Waals surface area (Å²) in [6.45, 7) is 4.85. The molecule has 0 radical (unpaired) electrons. The summed E-state index contributed by atoms with van der Waals surface area (Å²) in [7, 11) is 0. The van der Waals surface area contributed by atoms with E-state index in [0.717, 1.165) is 23.7 Å². The van der Waals surface area contributed by atoms with Gasteiger partial charge in [0.15, 0.2) is 0 Å². The molecular weight excluding hydrogens is 182 g/mol. The Labute approximate surface area is 92.9 Å². The lowest BCUT2D eigenvalue weighted by Gasteiger charge is -2.39. The molecule has 1 heteroatoms. The molecule has 0 saturated heterocycles. The quantitative estimate of drug-likeness (QED) is 0.638. The molecule has 0 amide bonds. The van der Waals surface area contributed by atoms with Gasteiger partial charge in [0.05, 0.1) is 6.07 Å². The van der Waals surface area contributed by atoms with Crippen molar-refractivity contribution in [3.8, 4) is 6.07 Å². The van der Waals surface area contributed by atoms with E-state index in [0.29, 0.717) is 11.3 Å². The van der Waals surface area contributed by atoms with Gasteiger partial charge in [-0.05, 0) is 54.8 Å². The Balaban J connectivity index is 1.85. The van der Waals surface area contributed by atoms with Gasteiger partial charge in [-0.2, -0.15) is 5.26 Å². The maximum Gasteiger partial charge on any atom is 0.0656 e. The molecular formula is C14H21N. The van der Waals surface area contributed by atoms with Crippen LogP contribution in [0.15, 0.2) is 0 Å². The largest absolute Gasteiger partial charge is 0.198 e. The van der Waals surface area contributed by atoms with Gasteiger partial charge in [0.1, 0.15) is 0 Å². The molecule has 0 N–H and O–H groups in total. The van der Waals surface area contributed by atoms with E-state index in [1.165, 1.54) is 32.1 Å². The molecule has 3 rings (SSSR count). The molecule has 0 aromatic heterocycles. The fourth-order valence-electron chi connectivity index (χ4n) is 5.08. The van der Waals surface area contributed by atoms with E-state index < -0.39 is 0 Å². The van der Waals surface area contributed by atoms with Gasteiger partial charge in [0.25, 0.3) is 0 Å². The van der Waals surface area contributed by atoms with Crippen LogP contribution in [-0.2, 0) is 0 Å². The minimum Gasteiger partial charge on any atom is -0.198 e. The molecule has 0 aromatic carbocycles. The summed E-state index contributed by atoms with van der Waals surface area (Å²) in [5.41, 5.74) is 0.621. The first-order chi connectivity index (χ1) is 7.18. The maximum absolute atomic E-state index is 9.05. The average molecular weight is 203 g/mol. The lowest BCUT2D eigenvalue weighted by molar-refractivity contribution is 0.0954. The molecule has 0 spiro atoms. The molecule has 6 unspecified atom stereocenters. The van der Waals surface area contributed by atoms with Crippen LogP contribution >= 0.6 is 0 Å². The normalized spacial score (nSPS) is 56.7. The van der Waals surface area contributed by atoms with E-state index in [1.807, 2.05) is 0 Å². The van der Waals surface area contributed by atoms with Crippen molar-refractivity contribution in [1.29, 1.82) is 5.26 Å². The van der Waals surface area contributed by atoms with Crippen LogP contribution in [0.4, 0.5) is 0 Å². The minimum atomic E-state index is 0.393. The third kappa shape index (κ3) is 1.14. The lowest BCUT2D eigenvalue weighted by Crippen LogP contribution is -2.32. The zero-order valence-electron chi connectivity index (χ0n) is 9.87. The molecule has 3 fully saturated rings. The van der Waals surface area contributed by atoms with Crippen LogP contribution in [0.2, 0.25) is 0 Å². The highest BCUT2D eigenvalue weighted by Gasteiger charge is 2.59. The Morgan fingerprint density at radius 1 is 1.27 bits per heavy atom. The van der Waals surface area contributed by atoms with Crippen LogP contribution in [0.5, 0.6) is 0 Å². The zero-order chi connectivity index (χ0) is 10.6. The van der Waals surface area contributed by atoms with Crippen molar-refractivity contribution < 1.29 is 0 Å². The zero-order valence-corrected chi connectivity index (χ0v) is 9.87. The summed E-state index contributed by atoms with van der Waals surface area (Å²) in [4.78, 5) is 0. The van der Waals surface area contributed by atoms with Crippen molar-refractivity contribution >= 4 is 0 Å². The van der Waals surface area contributed by atoms with Crippen LogP contribution in [0, 0.1) is 46.3 Å². The summed E-state index contributed by atoms with van der Waals surface area (Å²) < 4.78 is 0. The van der Waals surface area contributed by atoms with Gasteiger partial charge in [-0.1, -0.05) is 20.3 Å². The third-order valence-corrected chi connectivity index (χ3v) is 5.96. The molecule has 1 nitrogen and oxygen atoms in total. The first-order valence-corrected chi connectivity index (χ1v) is 6.57. The summed E-state index contributed by atoms with van der Waals surface area (Å²) in [6, 6.07) is 2.51. The van der Waals surface area contributed by atoms with E-state index in [-0.39, 0.29) is 0 Å². The molecule has 3 saturated carbocycles. The van der Waals surface area contributed by atoms with E-state index in [4.69, 9.17) is 5.26 Å². The third-order valence-electron chi connectivity index (χ3n) is 5.96. The number of hydrogen-bond acceptors (Lipinski definition) is 1. The highest BCUT2D eigenvalue weighted by Crippen LogP contribution is 2.67. The van der Waals surface area contributed by atoms with Crippen molar-refractivity contribution in [1.82, 2.24) is 0 Å². The molecule has 2 bridgehead atoms. The van der Waals surface area contributed by atoms with Crippen LogP contribution in [0.3, 0.4) is 0 Å². The Morgan fingerprint density at radius 3 is 2.67 bits per heavy atom. The number of rotatable bonds is 1. The van der Waals surface area contributed by atoms with Gasteiger partial charge < -0.3 is 0 Å². The van der Waals surface area contributed by atoms with Gasteiger partial charge in [0.2, 0.25) is 0 Å². The van der Waals surface area contributed by atoms with Crippen molar-refractivity contribution in [2.75, 3.05) is 0 Å². The Hall–Kier alpha value is -0.510. The van der Waals surface area contributed by atoms with Crippen LogP contribution < -0.4 is 0 Å². The predicted octanol–water partition coefficient (Wildman–Crippen LogP) is 3.61. The van der Waals surface area contributed by atoms with Crippen molar-refractivity contribution in [2.24, 2.45) is 35.0 Å². The van der Waals surface area contributed by atoms with Gasteiger partial charge in [-0.3, -0.25) is 0 Å². The number of nitrogens with zero attached hydrogens (tertiary/aromatic N) is 1. The van der Waals surface area contributed by atoms with Gasteiger partial charge in [-0.15, -0.1) is 0 Å². The van der Waals surface area contributed by atoms with E-state index in [9.17, 15) is 0 Å². The molecule has 82 valence electrons. The van der Waals surface area contributed by atoms with E-state index in [1.54, 1.807) is 0 Å². The molecule has 15 heavy (non-hydrogen) atoms. The molecule has 0 aliphatic heterocycles. The van der Waals surface area contributed by atoms with E-state index >= 15 is 0 Å². The van der Waals surface area contributed by atoms with Crippen molar-refractivity contribution in [3.05, 3.63) is 0 Å². The summed E-state index contributed by atoms with van der Waals surface area (Å²) >= 11 is 0. The van der Waals surface area contributed by atoms with Gasteiger partial charge in [0, 0.05) is 5.92 Å². The molecule has 3 aliphatic carbocycles. The van der Waals surface area contributed by atoms with Gasteiger partial charge >= 0.3 is 0 Å². The van der Waals surface area contributed by atoms with E-state index in [2.05, 4.69) is 19.9 Å². The topological polar surface area (TPSA) is 23.8 Å². The smallest absolute Gasteiger partial charge is 0.0656 e. The van der Waals surface area contributed by atoms with Crippen LogP contribution in [0.25, 0.3) is 0 Å². The minimum absolute atomic E-state index is 0.393.